The van der Waals surface area contributed by atoms with Gasteiger partial charge in [-0.1, -0.05) is 12.1 Å². The highest BCUT2D eigenvalue weighted by Gasteiger charge is 2.30. The smallest absolute Gasteiger partial charge is 0.422 e. The second-order valence-electron chi connectivity index (χ2n) is 8.34. The van der Waals surface area contributed by atoms with Gasteiger partial charge in [0.1, 0.15) is 17.3 Å². The summed E-state index contributed by atoms with van der Waals surface area (Å²) in [6.07, 6.45) is -9.32. The summed E-state index contributed by atoms with van der Waals surface area (Å²) in [4.78, 5) is 12.3. The number of amides is 1. The standard InChI is InChI=1S/C26H22F7N3O3S/c1-15(19-11-10-18(38-13-25(28,29)30)12-22(19)39-14-26(31,32)33)34-24(40)36-17-8-6-16(7-9-17)35-23(37)20-4-2-3-5-21(20)27/h2-12,15H,13-14H2,1H3,(H,35,37)(H2,34,36,40). The zero-order chi connectivity index (χ0) is 29.5. The van der Waals surface area contributed by atoms with Crippen molar-refractivity contribution in [3.05, 3.63) is 83.7 Å². The molecule has 0 bridgehead atoms. The Balaban J connectivity index is 1.64. The number of carbonyl (C=O) groups is 1. The van der Waals surface area contributed by atoms with Crippen molar-refractivity contribution in [1.29, 1.82) is 0 Å². The molecule has 0 fully saturated rings. The van der Waals surface area contributed by atoms with E-state index in [0.29, 0.717) is 11.4 Å². The highest BCUT2D eigenvalue weighted by atomic mass is 32.1. The van der Waals surface area contributed by atoms with Gasteiger partial charge in [-0.2, -0.15) is 26.3 Å². The molecule has 40 heavy (non-hydrogen) atoms. The van der Waals surface area contributed by atoms with Crippen LogP contribution in [0, 0.1) is 5.82 Å². The number of anilines is 2. The number of nitrogens with one attached hydrogen (secondary N) is 3. The quantitative estimate of drug-likeness (QED) is 0.184. The van der Waals surface area contributed by atoms with Crippen LogP contribution in [-0.2, 0) is 0 Å². The first-order valence-corrected chi connectivity index (χ1v) is 11.9. The molecular weight excluding hydrogens is 567 g/mol. The van der Waals surface area contributed by atoms with Gasteiger partial charge in [-0.25, -0.2) is 4.39 Å². The molecule has 0 spiro atoms. The minimum atomic E-state index is -4.69. The maximum absolute atomic E-state index is 13.8. The highest BCUT2D eigenvalue weighted by molar-refractivity contribution is 7.80. The van der Waals surface area contributed by atoms with E-state index in [1.54, 1.807) is 19.1 Å². The molecule has 214 valence electrons. The van der Waals surface area contributed by atoms with Gasteiger partial charge in [-0.3, -0.25) is 4.79 Å². The van der Waals surface area contributed by atoms with E-state index in [4.69, 9.17) is 17.0 Å². The van der Waals surface area contributed by atoms with Crippen molar-refractivity contribution in [3.8, 4) is 11.5 Å². The molecule has 1 unspecified atom stereocenters. The van der Waals surface area contributed by atoms with E-state index in [1.807, 2.05) is 0 Å². The van der Waals surface area contributed by atoms with Crippen LogP contribution in [0.2, 0.25) is 0 Å². The molecule has 3 rings (SSSR count). The van der Waals surface area contributed by atoms with Crippen LogP contribution in [0.4, 0.5) is 42.1 Å². The molecule has 1 amide bonds. The van der Waals surface area contributed by atoms with Gasteiger partial charge in [0.25, 0.3) is 5.91 Å². The molecule has 0 radical (unpaired) electrons. The predicted octanol–water partition coefficient (Wildman–Crippen LogP) is 7.01. The SMILES string of the molecule is CC(NC(=S)Nc1ccc(NC(=O)c2ccccc2F)cc1)c1ccc(OCC(F)(F)F)cc1OCC(F)(F)F. The van der Waals surface area contributed by atoms with E-state index < -0.39 is 43.3 Å². The number of halogens is 7. The fraction of sp³-hybridized carbons (Fsp3) is 0.231. The molecule has 3 aromatic rings. The van der Waals surface area contributed by atoms with Crippen LogP contribution in [0.3, 0.4) is 0 Å². The summed E-state index contributed by atoms with van der Waals surface area (Å²) in [5.41, 5.74) is 0.921. The lowest BCUT2D eigenvalue weighted by atomic mass is 10.1. The lowest BCUT2D eigenvalue weighted by Crippen LogP contribution is -2.31. The predicted molar refractivity (Wildman–Crippen MR) is 138 cm³/mol. The topological polar surface area (TPSA) is 71.6 Å². The molecule has 14 heteroatoms. The number of benzene rings is 3. The Labute approximate surface area is 229 Å². The number of rotatable bonds is 9. The first-order valence-electron chi connectivity index (χ1n) is 11.5. The highest BCUT2D eigenvalue weighted by Crippen LogP contribution is 2.32. The van der Waals surface area contributed by atoms with Gasteiger partial charge < -0.3 is 25.4 Å². The van der Waals surface area contributed by atoms with Crippen molar-refractivity contribution in [1.82, 2.24) is 5.32 Å². The van der Waals surface area contributed by atoms with Crippen LogP contribution in [0.1, 0.15) is 28.9 Å². The van der Waals surface area contributed by atoms with Gasteiger partial charge in [0.15, 0.2) is 18.3 Å². The van der Waals surface area contributed by atoms with E-state index in [1.165, 1.54) is 48.5 Å². The molecule has 3 N–H and O–H groups in total. The normalized spacial score (nSPS) is 12.3. The molecule has 1 atom stereocenters. The summed E-state index contributed by atoms with van der Waals surface area (Å²) >= 11 is 5.26. The Morgan fingerprint density at radius 3 is 2.02 bits per heavy atom. The second kappa shape index (κ2) is 12.9. The zero-order valence-corrected chi connectivity index (χ0v) is 21.4. The Kier molecular flexibility index (Phi) is 9.79. The van der Waals surface area contributed by atoms with Crippen molar-refractivity contribution in [2.24, 2.45) is 0 Å². The molecule has 0 saturated carbocycles. The van der Waals surface area contributed by atoms with E-state index in [0.717, 1.165) is 6.07 Å². The van der Waals surface area contributed by atoms with Crippen LogP contribution in [0.5, 0.6) is 11.5 Å². The Bertz CT molecular complexity index is 1330. The lowest BCUT2D eigenvalue weighted by molar-refractivity contribution is -0.154. The molecule has 3 aromatic carbocycles. The summed E-state index contributed by atoms with van der Waals surface area (Å²) < 4.78 is 98.9. The van der Waals surface area contributed by atoms with Gasteiger partial charge >= 0.3 is 12.4 Å². The zero-order valence-electron chi connectivity index (χ0n) is 20.6. The van der Waals surface area contributed by atoms with Crippen molar-refractivity contribution >= 4 is 34.6 Å². The van der Waals surface area contributed by atoms with E-state index in [9.17, 15) is 35.5 Å². The summed E-state index contributed by atoms with van der Waals surface area (Å²) in [5.74, 6) is -1.97. The van der Waals surface area contributed by atoms with Crippen LogP contribution >= 0.6 is 12.2 Å². The fourth-order valence-corrected chi connectivity index (χ4v) is 3.63. The lowest BCUT2D eigenvalue weighted by Gasteiger charge is -2.21. The van der Waals surface area contributed by atoms with Crippen LogP contribution < -0.4 is 25.4 Å². The maximum atomic E-state index is 13.8. The first kappa shape index (κ1) is 30.5. The van der Waals surface area contributed by atoms with Gasteiger partial charge in [0.05, 0.1) is 11.6 Å². The number of thiocarbonyl (C=S) groups is 1. The fourth-order valence-electron chi connectivity index (χ4n) is 3.33. The summed E-state index contributed by atoms with van der Waals surface area (Å²) in [6.45, 7) is -1.74. The third-order valence-corrected chi connectivity index (χ3v) is 5.33. The van der Waals surface area contributed by atoms with Crippen LogP contribution in [0.15, 0.2) is 66.7 Å². The average molecular weight is 590 g/mol. The van der Waals surface area contributed by atoms with Crippen LogP contribution in [0.25, 0.3) is 0 Å². The van der Waals surface area contributed by atoms with Crippen molar-refractivity contribution in [3.63, 3.8) is 0 Å². The molecule has 0 saturated heterocycles. The molecule has 0 heterocycles. The first-order chi connectivity index (χ1) is 18.7. The maximum Gasteiger partial charge on any atom is 0.422 e. The van der Waals surface area contributed by atoms with Crippen molar-refractivity contribution < 1.29 is 45.0 Å². The number of hydrogen-bond donors (Lipinski definition) is 3. The van der Waals surface area contributed by atoms with Gasteiger partial charge in [-0.05, 0) is 67.7 Å². The Hall–Kier alpha value is -4.07. The Morgan fingerprint density at radius 1 is 0.850 bits per heavy atom. The number of ether oxygens (including phenoxy) is 2. The van der Waals surface area contributed by atoms with Gasteiger partial charge in [0.2, 0.25) is 0 Å². The molecular formula is C26H22F7N3O3S. The monoisotopic (exact) mass is 589 g/mol. The summed E-state index contributed by atoms with van der Waals surface area (Å²) in [7, 11) is 0. The second-order valence-corrected chi connectivity index (χ2v) is 8.75. The number of hydrogen-bond acceptors (Lipinski definition) is 4. The molecule has 0 aromatic heterocycles. The molecule has 0 aliphatic heterocycles. The molecule has 0 aliphatic rings. The Morgan fingerprint density at radius 2 is 1.43 bits per heavy atom. The molecule has 0 aliphatic carbocycles. The van der Waals surface area contributed by atoms with Gasteiger partial charge in [-0.15, -0.1) is 0 Å². The minimum Gasteiger partial charge on any atom is -0.484 e. The minimum absolute atomic E-state index is 0.0646. The summed E-state index contributed by atoms with van der Waals surface area (Å²) in [5, 5.41) is 8.35. The largest absolute Gasteiger partial charge is 0.484 e. The average Bonchev–Trinajstić information content (AvgIpc) is 2.86. The van der Waals surface area contributed by atoms with E-state index >= 15 is 0 Å². The number of alkyl halides is 6. The third-order valence-electron chi connectivity index (χ3n) is 5.11. The van der Waals surface area contributed by atoms with Crippen molar-refractivity contribution in [2.45, 2.75) is 25.3 Å². The van der Waals surface area contributed by atoms with Crippen LogP contribution in [-0.4, -0.2) is 36.6 Å². The van der Waals surface area contributed by atoms with E-state index in [2.05, 4.69) is 20.7 Å². The van der Waals surface area contributed by atoms with E-state index in [-0.39, 0.29) is 27.7 Å². The summed E-state index contributed by atoms with van der Waals surface area (Å²) in [6, 6.07) is 14.4. The number of carbonyl (C=O) groups excluding carboxylic acids is 1. The van der Waals surface area contributed by atoms with Crippen molar-refractivity contribution in [2.75, 3.05) is 23.8 Å². The third kappa shape index (κ3) is 9.59. The van der Waals surface area contributed by atoms with Gasteiger partial charge in [0, 0.05) is 23.0 Å². The molecule has 6 nitrogen and oxygen atoms in total.